The first-order valence-electron chi connectivity index (χ1n) is 12.8. The molecular formula is C26H30F2N4O7. The molecule has 0 radical (unpaired) electrons. The normalized spacial score (nSPS) is 29.1. The molecule has 1 aliphatic carbocycles. The highest BCUT2D eigenvalue weighted by molar-refractivity contribution is 5.66. The van der Waals surface area contributed by atoms with Crippen LogP contribution < -0.4 is 0 Å². The van der Waals surface area contributed by atoms with Crippen molar-refractivity contribution < 1.29 is 42.9 Å². The van der Waals surface area contributed by atoms with E-state index in [2.05, 4.69) is 15.5 Å². The van der Waals surface area contributed by atoms with E-state index in [0.717, 1.165) is 12.8 Å². The third-order valence-corrected chi connectivity index (χ3v) is 7.46. The molecule has 5 unspecified atom stereocenters. The Labute approximate surface area is 222 Å². The standard InChI is InChI=1S/C26H30F2N4O7/c1-12-6-7-15(23(28)22(12)27)17-10-32(31-29-17)24-25(36)21(11-33)38-20(26(24)37-13(2)34)9-14-8-19(39-30-14)16-4-3-5-18(16)35/h6-8,10,16,18,20-21,24-26,33,35-36H,3-5,9,11H2,1-2H3/t16-,18-,20?,21?,24?,25?,26?/m0/s1. The number of hydrogen-bond acceptors (Lipinski definition) is 10. The van der Waals surface area contributed by atoms with E-state index in [-0.39, 0.29) is 29.2 Å². The van der Waals surface area contributed by atoms with Gasteiger partial charge < -0.3 is 29.3 Å². The Morgan fingerprint density at radius 3 is 2.69 bits per heavy atom. The fourth-order valence-electron chi connectivity index (χ4n) is 5.44. The first-order valence-corrected chi connectivity index (χ1v) is 12.8. The molecule has 210 valence electrons. The van der Waals surface area contributed by atoms with Crippen LogP contribution in [0.2, 0.25) is 0 Å². The molecule has 5 rings (SSSR count). The van der Waals surface area contributed by atoms with Crippen LogP contribution in [0.15, 0.2) is 28.9 Å². The van der Waals surface area contributed by atoms with E-state index in [0.29, 0.717) is 17.9 Å². The third kappa shape index (κ3) is 5.31. The summed E-state index contributed by atoms with van der Waals surface area (Å²) >= 11 is 0. The number of aliphatic hydroxyl groups excluding tert-OH is 3. The fraction of sp³-hybridized carbons (Fsp3) is 0.538. The number of aromatic nitrogens is 4. The molecule has 3 heterocycles. The van der Waals surface area contributed by atoms with Gasteiger partial charge in [0.25, 0.3) is 0 Å². The molecule has 11 nitrogen and oxygen atoms in total. The van der Waals surface area contributed by atoms with Crippen LogP contribution in [0, 0.1) is 18.6 Å². The number of aryl methyl sites for hydroxylation is 1. The smallest absolute Gasteiger partial charge is 0.303 e. The van der Waals surface area contributed by atoms with E-state index >= 15 is 0 Å². The summed E-state index contributed by atoms with van der Waals surface area (Å²) in [5, 5.41) is 43.3. The van der Waals surface area contributed by atoms with Crippen LogP contribution in [0.3, 0.4) is 0 Å². The Bertz CT molecular complexity index is 1330. The number of carbonyl (C=O) groups excluding carboxylic acids is 1. The Morgan fingerprint density at radius 2 is 2.00 bits per heavy atom. The summed E-state index contributed by atoms with van der Waals surface area (Å²) in [6, 6.07) is 3.40. The first-order chi connectivity index (χ1) is 18.7. The van der Waals surface area contributed by atoms with Crippen LogP contribution in [-0.4, -0.2) is 78.6 Å². The van der Waals surface area contributed by atoms with Crippen molar-refractivity contribution in [1.29, 1.82) is 0 Å². The van der Waals surface area contributed by atoms with Gasteiger partial charge in [0.2, 0.25) is 0 Å². The maximum atomic E-state index is 14.6. The van der Waals surface area contributed by atoms with Crippen LogP contribution in [0.4, 0.5) is 8.78 Å². The zero-order chi connectivity index (χ0) is 27.8. The predicted octanol–water partition coefficient (Wildman–Crippen LogP) is 1.98. The molecule has 0 bridgehead atoms. The van der Waals surface area contributed by atoms with Gasteiger partial charge in [-0.15, -0.1) is 5.10 Å². The second-order valence-electron chi connectivity index (χ2n) is 10.1. The molecule has 3 aromatic rings. The lowest BCUT2D eigenvalue weighted by molar-refractivity contribution is -0.217. The number of esters is 1. The highest BCUT2D eigenvalue weighted by atomic mass is 19.2. The molecule has 1 saturated carbocycles. The van der Waals surface area contributed by atoms with Crippen molar-refractivity contribution in [2.75, 3.05) is 6.61 Å². The molecule has 2 aliphatic rings. The second-order valence-corrected chi connectivity index (χ2v) is 10.1. The summed E-state index contributed by atoms with van der Waals surface area (Å²) < 4.78 is 47.0. The van der Waals surface area contributed by atoms with E-state index in [4.69, 9.17) is 14.0 Å². The zero-order valence-corrected chi connectivity index (χ0v) is 21.4. The first kappa shape index (κ1) is 27.3. The summed E-state index contributed by atoms with van der Waals surface area (Å²) in [5.41, 5.74) is 0.467. The average Bonchev–Trinajstić information content (AvgIpc) is 3.65. The molecule has 0 spiro atoms. The molecule has 13 heteroatoms. The van der Waals surface area contributed by atoms with Gasteiger partial charge in [-0.1, -0.05) is 22.9 Å². The van der Waals surface area contributed by atoms with Crippen molar-refractivity contribution in [3.63, 3.8) is 0 Å². The zero-order valence-electron chi connectivity index (χ0n) is 21.4. The molecule has 2 fully saturated rings. The molecular weight excluding hydrogens is 518 g/mol. The number of benzene rings is 1. The molecule has 3 N–H and O–H groups in total. The van der Waals surface area contributed by atoms with Gasteiger partial charge in [0, 0.05) is 30.9 Å². The van der Waals surface area contributed by atoms with Gasteiger partial charge in [0.1, 0.15) is 35.8 Å². The van der Waals surface area contributed by atoms with Gasteiger partial charge in [-0.3, -0.25) is 4.79 Å². The van der Waals surface area contributed by atoms with E-state index in [1.165, 1.54) is 36.9 Å². The van der Waals surface area contributed by atoms with Crippen molar-refractivity contribution in [2.45, 2.75) is 82.0 Å². The van der Waals surface area contributed by atoms with Crippen LogP contribution in [0.25, 0.3) is 11.3 Å². The van der Waals surface area contributed by atoms with Gasteiger partial charge in [0.15, 0.2) is 17.7 Å². The summed E-state index contributed by atoms with van der Waals surface area (Å²) in [6.07, 6.45) is -1.30. The van der Waals surface area contributed by atoms with Gasteiger partial charge >= 0.3 is 5.97 Å². The minimum Gasteiger partial charge on any atom is -0.457 e. The molecule has 1 saturated heterocycles. The van der Waals surface area contributed by atoms with E-state index in [1.54, 1.807) is 6.07 Å². The minimum atomic E-state index is -1.40. The lowest BCUT2D eigenvalue weighted by atomic mass is 9.90. The Hall–Kier alpha value is -3.26. The lowest BCUT2D eigenvalue weighted by Crippen LogP contribution is -2.57. The van der Waals surface area contributed by atoms with E-state index in [1.807, 2.05) is 0 Å². The van der Waals surface area contributed by atoms with Crippen molar-refractivity contribution in [1.82, 2.24) is 20.2 Å². The largest absolute Gasteiger partial charge is 0.457 e. The van der Waals surface area contributed by atoms with E-state index < -0.39 is 60.8 Å². The number of hydrogen-bond donors (Lipinski definition) is 3. The van der Waals surface area contributed by atoms with Crippen LogP contribution in [-0.2, 0) is 20.7 Å². The number of carbonyl (C=O) groups is 1. The quantitative estimate of drug-likeness (QED) is 0.374. The Kier molecular flexibility index (Phi) is 7.76. The number of aliphatic hydroxyl groups is 3. The van der Waals surface area contributed by atoms with Crippen LogP contribution >= 0.6 is 0 Å². The summed E-state index contributed by atoms with van der Waals surface area (Å²) in [6.45, 7) is 2.08. The molecule has 2 aromatic heterocycles. The van der Waals surface area contributed by atoms with Gasteiger partial charge in [0.05, 0.1) is 24.6 Å². The summed E-state index contributed by atoms with van der Waals surface area (Å²) in [5.74, 6) is -2.38. The van der Waals surface area contributed by atoms with Crippen LogP contribution in [0.1, 0.15) is 55.2 Å². The summed E-state index contributed by atoms with van der Waals surface area (Å²) in [4.78, 5) is 12.1. The highest BCUT2D eigenvalue weighted by Gasteiger charge is 2.49. The lowest BCUT2D eigenvalue weighted by Gasteiger charge is -2.43. The number of halogens is 2. The Balaban J connectivity index is 1.46. The molecule has 0 amide bonds. The number of ether oxygens (including phenoxy) is 2. The number of rotatable bonds is 7. The SMILES string of the molecule is CC(=O)OC1C(Cc2cc([C@H]3CCC[C@@H]3O)on2)OC(CO)C(O)C1n1cc(-c2ccc(C)c(F)c2F)nn1. The van der Waals surface area contributed by atoms with Crippen molar-refractivity contribution in [2.24, 2.45) is 0 Å². The van der Waals surface area contributed by atoms with Crippen molar-refractivity contribution in [3.05, 3.63) is 53.0 Å². The molecule has 7 atom stereocenters. The second kappa shape index (κ2) is 11.1. The molecule has 39 heavy (non-hydrogen) atoms. The fourth-order valence-corrected chi connectivity index (χ4v) is 5.44. The average molecular weight is 549 g/mol. The summed E-state index contributed by atoms with van der Waals surface area (Å²) in [7, 11) is 0. The van der Waals surface area contributed by atoms with Crippen molar-refractivity contribution in [3.8, 4) is 11.3 Å². The van der Waals surface area contributed by atoms with Crippen LogP contribution in [0.5, 0.6) is 0 Å². The van der Waals surface area contributed by atoms with E-state index in [9.17, 15) is 28.9 Å². The Morgan fingerprint density at radius 1 is 1.21 bits per heavy atom. The van der Waals surface area contributed by atoms with Crippen molar-refractivity contribution >= 4 is 5.97 Å². The van der Waals surface area contributed by atoms with Gasteiger partial charge in [-0.2, -0.15) is 0 Å². The van der Waals surface area contributed by atoms with Gasteiger partial charge in [-0.25, -0.2) is 13.5 Å². The van der Waals surface area contributed by atoms with Gasteiger partial charge in [-0.05, 0) is 31.4 Å². The maximum absolute atomic E-state index is 14.6. The predicted molar refractivity (Wildman–Crippen MR) is 129 cm³/mol. The highest BCUT2D eigenvalue weighted by Crippen LogP contribution is 2.37. The minimum absolute atomic E-state index is 0.0000274. The molecule has 1 aliphatic heterocycles. The molecule has 1 aromatic carbocycles. The topological polar surface area (TPSA) is 153 Å². The maximum Gasteiger partial charge on any atom is 0.303 e. The number of nitrogens with zero attached hydrogens (tertiary/aromatic N) is 4. The monoisotopic (exact) mass is 548 g/mol. The third-order valence-electron chi connectivity index (χ3n) is 7.46.